The molecule has 220 valence electrons. The number of hydrogen-bond donors (Lipinski definition) is 0. The molecule has 1 aliphatic rings. The fourth-order valence-corrected chi connectivity index (χ4v) is 7.59. The van der Waals surface area contributed by atoms with Gasteiger partial charge in [-0.05, 0) is 56.6 Å². The minimum Gasteiger partial charge on any atom is -0.228 e. The first-order valence-electron chi connectivity index (χ1n) is 16.1. The molecule has 2 nitrogen and oxygen atoms in total. The number of benzene rings is 7. The molecule has 0 bridgehead atoms. The van der Waals surface area contributed by atoms with Crippen LogP contribution >= 0.6 is 0 Å². The highest BCUT2D eigenvalue weighted by molar-refractivity contribution is 5.95. The van der Waals surface area contributed by atoms with Crippen molar-refractivity contribution in [2.75, 3.05) is 0 Å². The van der Waals surface area contributed by atoms with Gasteiger partial charge in [-0.15, -0.1) is 0 Å². The van der Waals surface area contributed by atoms with Crippen LogP contribution in [0.3, 0.4) is 0 Å². The minimum absolute atomic E-state index is 0.483. The van der Waals surface area contributed by atoms with Crippen molar-refractivity contribution in [3.05, 3.63) is 204 Å². The van der Waals surface area contributed by atoms with Crippen LogP contribution < -0.4 is 0 Å². The first kappa shape index (κ1) is 27.2. The molecule has 0 amide bonds. The van der Waals surface area contributed by atoms with Crippen molar-refractivity contribution in [1.82, 2.24) is 9.97 Å². The van der Waals surface area contributed by atoms with E-state index >= 15 is 0 Å². The highest BCUT2D eigenvalue weighted by Gasteiger charge is 2.46. The van der Waals surface area contributed by atoms with Crippen LogP contribution in [0.2, 0.25) is 0 Å². The van der Waals surface area contributed by atoms with Gasteiger partial charge in [-0.1, -0.05) is 170 Å². The summed E-state index contributed by atoms with van der Waals surface area (Å²) in [5, 5.41) is 1.04. The zero-order valence-electron chi connectivity index (χ0n) is 25.7. The van der Waals surface area contributed by atoms with E-state index in [0.717, 1.165) is 39.1 Å². The summed E-state index contributed by atoms with van der Waals surface area (Å²) in [5.41, 5.74) is 13.5. The molecule has 0 saturated heterocycles. The van der Waals surface area contributed by atoms with Crippen molar-refractivity contribution in [1.29, 1.82) is 0 Å². The summed E-state index contributed by atoms with van der Waals surface area (Å²) >= 11 is 0. The molecule has 1 heterocycles. The highest BCUT2D eigenvalue weighted by Crippen LogP contribution is 2.57. The molecule has 0 aliphatic heterocycles. The third-order valence-electron chi connectivity index (χ3n) is 9.57. The molecule has 0 atom stereocenters. The molecule has 2 heteroatoms. The Bertz CT molecular complexity index is 2370. The second-order valence-electron chi connectivity index (χ2n) is 12.1. The van der Waals surface area contributed by atoms with Gasteiger partial charge in [-0.25, -0.2) is 9.97 Å². The van der Waals surface area contributed by atoms with Crippen molar-refractivity contribution in [3.63, 3.8) is 0 Å². The minimum atomic E-state index is -0.483. The Balaban J connectivity index is 1.30. The zero-order valence-corrected chi connectivity index (χ0v) is 25.7. The second kappa shape index (κ2) is 11.0. The molecule has 0 spiro atoms. The van der Waals surface area contributed by atoms with E-state index in [-0.39, 0.29) is 0 Å². The Hall–Kier alpha value is -6.12. The van der Waals surface area contributed by atoms with Gasteiger partial charge in [0.2, 0.25) is 0 Å². The predicted octanol–water partition coefficient (Wildman–Crippen LogP) is 11.0. The number of nitrogens with zero attached hydrogens (tertiary/aromatic N) is 2. The smallest absolute Gasteiger partial charge is 0.160 e. The molecule has 1 aliphatic carbocycles. The van der Waals surface area contributed by atoms with Crippen LogP contribution in [-0.2, 0) is 5.41 Å². The van der Waals surface area contributed by atoms with Crippen LogP contribution in [0.5, 0.6) is 0 Å². The van der Waals surface area contributed by atoms with E-state index in [1.807, 2.05) is 24.3 Å². The average molecular weight is 599 g/mol. The lowest BCUT2D eigenvalue weighted by atomic mass is 9.66. The third-order valence-corrected chi connectivity index (χ3v) is 9.57. The molecule has 8 aromatic rings. The SMILES string of the molecule is c1ccc(-c2nc(-c3cccc(-c4ccccc4C4(c5ccccc5)c5ccccc5-c5ccccc54)c3)c3ccccc3n2)cc1. The number of aromatic nitrogens is 2. The molecule has 7 aromatic carbocycles. The van der Waals surface area contributed by atoms with Gasteiger partial charge in [0, 0.05) is 16.5 Å². The maximum absolute atomic E-state index is 5.19. The van der Waals surface area contributed by atoms with E-state index in [9.17, 15) is 0 Å². The average Bonchev–Trinajstić information content (AvgIpc) is 3.46. The lowest BCUT2D eigenvalue weighted by Crippen LogP contribution is -2.29. The summed E-state index contributed by atoms with van der Waals surface area (Å²) in [7, 11) is 0. The van der Waals surface area contributed by atoms with E-state index < -0.39 is 5.41 Å². The molecule has 0 radical (unpaired) electrons. The first-order valence-corrected chi connectivity index (χ1v) is 16.1. The fraction of sp³-hybridized carbons (Fsp3) is 0.0222. The molecule has 9 rings (SSSR count). The van der Waals surface area contributed by atoms with Gasteiger partial charge in [0.15, 0.2) is 5.82 Å². The van der Waals surface area contributed by atoms with E-state index in [4.69, 9.17) is 9.97 Å². The Labute approximate surface area is 274 Å². The van der Waals surface area contributed by atoms with Crippen LogP contribution in [0.25, 0.3) is 55.8 Å². The Kier molecular flexibility index (Phi) is 6.39. The normalized spacial score (nSPS) is 12.9. The van der Waals surface area contributed by atoms with Gasteiger partial charge in [-0.2, -0.15) is 0 Å². The Morgan fingerprint density at radius 1 is 0.362 bits per heavy atom. The van der Waals surface area contributed by atoms with E-state index in [1.165, 1.54) is 38.9 Å². The molecule has 47 heavy (non-hydrogen) atoms. The van der Waals surface area contributed by atoms with Gasteiger partial charge < -0.3 is 0 Å². The lowest BCUT2D eigenvalue weighted by Gasteiger charge is -2.35. The van der Waals surface area contributed by atoms with Crippen molar-refractivity contribution in [3.8, 4) is 44.9 Å². The van der Waals surface area contributed by atoms with E-state index in [1.54, 1.807) is 0 Å². The van der Waals surface area contributed by atoms with Crippen molar-refractivity contribution in [2.45, 2.75) is 5.41 Å². The van der Waals surface area contributed by atoms with Crippen molar-refractivity contribution in [2.24, 2.45) is 0 Å². The molecule has 0 fully saturated rings. The van der Waals surface area contributed by atoms with E-state index in [0.29, 0.717) is 0 Å². The van der Waals surface area contributed by atoms with Crippen LogP contribution in [-0.4, -0.2) is 9.97 Å². The summed E-state index contributed by atoms with van der Waals surface area (Å²) in [5.74, 6) is 0.729. The van der Waals surface area contributed by atoms with Crippen LogP contribution in [0.4, 0.5) is 0 Å². The highest BCUT2D eigenvalue weighted by atomic mass is 14.9. The molecule has 0 unspecified atom stereocenters. The van der Waals surface area contributed by atoms with Gasteiger partial charge in [0.1, 0.15) is 0 Å². The van der Waals surface area contributed by atoms with Crippen LogP contribution in [0.15, 0.2) is 182 Å². The summed E-state index contributed by atoms with van der Waals surface area (Å²) in [6.45, 7) is 0. The zero-order chi connectivity index (χ0) is 31.2. The molecular formula is C45H30N2. The van der Waals surface area contributed by atoms with Gasteiger partial charge in [0.25, 0.3) is 0 Å². The number of para-hydroxylation sites is 1. The summed E-state index contributed by atoms with van der Waals surface area (Å²) in [6, 6.07) is 65.2. The van der Waals surface area contributed by atoms with Crippen LogP contribution in [0.1, 0.15) is 22.3 Å². The molecule has 0 N–H and O–H groups in total. The molecular weight excluding hydrogens is 569 g/mol. The first-order chi connectivity index (χ1) is 23.3. The fourth-order valence-electron chi connectivity index (χ4n) is 7.59. The maximum atomic E-state index is 5.19. The van der Waals surface area contributed by atoms with Gasteiger partial charge >= 0.3 is 0 Å². The monoisotopic (exact) mass is 598 g/mol. The topological polar surface area (TPSA) is 25.8 Å². The van der Waals surface area contributed by atoms with Gasteiger partial charge in [0.05, 0.1) is 16.6 Å². The standard InChI is InChI=1S/C45H30N2/c1-3-16-31(17-4-1)44-46-42-29-14-10-25-38(42)43(47-44)33-19-15-18-32(30-33)35-22-7-11-26-39(35)45(34-20-5-2-6-21-34)40-27-12-8-23-36(40)37-24-9-13-28-41(37)45/h1-30H. The second-order valence-corrected chi connectivity index (χ2v) is 12.1. The Morgan fingerprint density at radius 2 is 0.872 bits per heavy atom. The van der Waals surface area contributed by atoms with Crippen LogP contribution in [0, 0.1) is 0 Å². The Morgan fingerprint density at radius 3 is 1.57 bits per heavy atom. The number of hydrogen-bond acceptors (Lipinski definition) is 2. The number of fused-ring (bicyclic) bond motifs is 4. The van der Waals surface area contributed by atoms with Crippen molar-refractivity contribution < 1.29 is 0 Å². The van der Waals surface area contributed by atoms with Gasteiger partial charge in [-0.3, -0.25) is 0 Å². The maximum Gasteiger partial charge on any atom is 0.160 e. The summed E-state index contributed by atoms with van der Waals surface area (Å²) < 4.78 is 0. The lowest BCUT2D eigenvalue weighted by molar-refractivity contribution is 0.770. The molecule has 1 aromatic heterocycles. The van der Waals surface area contributed by atoms with E-state index in [2.05, 4.69) is 158 Å². The quantitative estimate of drug-likeness (QED) is 0.197. The summed E-state index contributed by atoms with van der Waals surface area (Å²) in [6.07, 6.45) is 0. The third kappa shape index (κ3) is 4.26. The molecule has 0 saturated carbocycles. The number of rotatable bonds is 5. The summed E-state index contributed by atoms with van der Waals surface area (Å²) in [4.78, 5) is 10.1. The predicted molar refractivity (Wildman–Crippen MR) is 193 cm³/mol. The van der Waals surface area contributed by atoms with Crippen molar-refractivity contribution >= 4 is 10.9 Å². The largest absolute Gasteiger partial charge is 0.228 e.